The van der Waals surface area contributed by atoms with Crippen LogP contribution in [0.2, 0.25) is 0 Å². The van der Waals surface area contributed by atoms with Crippen LogP contribution in [0.1, 0.15) is 50.7 Å². The predicted molar refractivity (Wildman–Crippen MR) is 119 cm³/mol. The molecule has 4 rings (SSSR count). The maximum absolute atomic E-state index is 11.1. The van der Waals surface area contributed by atoms with E-state index >= 15 is 0 Å². The molecule has 2 aromatic carbocycles. The Kier molecular flexibility index (Phi) is 7.14. The maximum atomic E-state index is 11.1. The van der Waals surface area contributed by atoms with Gasteiger partial charge >= 0.3 is 5.97 Å². The number of oxime groups is 1. The second-order valence-electron chi connectivity index (χ2n) is 8.28. The molecule has 7 nitrogen and oxygen atoms in total. The number of nitrogens with zero attached hydrogens (tertiary/aromatic N) is 1. The summed E-state index contributed by atoms with van der Waals surface area (Å²) in [4.78, 5) is 16.8. The molecule has 1 N–H and O–H groups in total. The van der Waals surface area contributed by atoms with Crippen molar-refractivity contribution in [2.24, 2.45) is 11.1 Å². The zero-order valence-electron chi connectivity index (χ0n) is 18.2. The van der Waals surface area contributed by atoms with Gasteiger partial charge < -0.3 is 24.2 Å². The Bertz CT molecular complexity index is 936. The fraction of sp³-hybridized carbons (Fsp3) is 0.440. The first-order valence-electron chi connectivity index (χ1n) is 11.1. The van der Waals surface area contributed by atoms with E-state index < -0.39 is 5.97 Å². The molecule has 2 atom stereocenters. The number of carboxylic acids is 1. The van der Waals surface area contributed by atoms with Crippen LogP contribution >= 0.6 is 0 Å². The highest BCUT2D eigenvalue weighted by atomic mass is 16.6. The maximum Gasteiger partial charge on any atom is 0.353 e. The quantitative estimate of drug-likeness (QED) is 0.460. The molecule has 1 aliphatic heterocycles. The Morgan fingerprint density at radius 1 is 1.09 bits per heavy atom. The highest BCUT2D eigenvalue weighted by molar-refractivity contribution is 6.34. The molecule has 1 heterocycles. The van der Waals surface area contributed by atoms with Gasteiger partial charge in [-0.2, -0.15) is 0 Å². The largest absolute Gasteiger partial charge is 0.490 e. The SMILES string of the molecule is C/C(=N\OC(c1ccc(OCC2COc3ccccc3O2)cc1)C1CCCCC1)C(=O)O. The lowest BCUT2D eigenvalue weighted by Crippen LogP contribution is -2.34. The first-order valence-corrected chi connectivity index (χ1v) is 11.1. The molecule has 1 saturated carbocycles. The normalized spacial score (nSPS) is 19.8. The smallest absolute Gasteiger partial charge is 0.353 e. The molecule has 0 aromatic heterocycles. The first kappa shape index (κ1) is 22.0. The van der Waals surface area contributed by atoms with E-state index in [2.05, 4.69) is 5.16 Å². The van der Waals surface area contributed by atoms with Crippen molar-refractivity contribution >= 4 is 11.7 Å². The molecule has 0 spiro atoms. The zero-order chi connectivity index (χ0) is 22.3. The van der Waals surface area contributed by atoms with Gasteiger partial charge in [-0.3, -0.25) is 0 Å². The number of fused-ring (bicyclic) bond motifs is 1. The number of rotatable bonds is 8. The molecule has 32 heavy (non-hydrogen) atoms. The van der Waals surface area contributed by atoms with E-state index in [4.69, 9.17) is 24.2 Å². The third-order valence-corrected chi connectivity index (χ3v) is 5.90. The summed E-state index contributed by atoms with van der Waals surface area (Å²) in [5.74, 6) is 1.44. The number of carbonyl (C=O) groups is 1. The number of hydrogen-bond donors (Lipinski definition) is 1. The van der Waals surface area contributed by atoms with Crippen LogP contribution in [-0.4, -0.2) is 36.1 Å². The summed E-state index contributed by atoms with van der Waals surface area (Å²) < 4.78 is 17.6. The van der Waals surface area contributed by atoms with Crippen LogP contribution in [0.15, 0.2) is 53.7 Å². The van der Waals surface area contributed by atoms with Crippen molar-refractivity contribution in [3.8, 4) is 17.2 Å². The zero-order valence-corrected chi connectivity index (χ0v) is 18.2. The summed E-state index contributed by atoms with van der Waals surface area (Å²) in [6.07, 6.45) is 5.17. The third kappa shape index (κ3) is 5.52. The minimum Gasteiger partial charge on any atom is -0.490 e. The molecule has 1 aliphatic carbocycles. The van der Waals surface area contributed by atoms with Gasteiger partial charge in [0.05, 0.1) is 0 Å². The van der Waals surface area contributed by atoms with Crippen LogP contribution in [0.25, 0.3) is 0 Å². The van der Waals surface area contributed by atoms with Crippen LogP contribution in [0.4, 0.5) is 0 Å². The molecule has 2 aliphatic rings. The lowest BCUT2D eigenvalue weighted by Gasteiger charge is -2.29. The van der Waals surface area contributed by atoms with E-state index in [0.29, 0.717) is 19.1 Å². The van der Waals surface area contributed by atoms with Gasteiger partial charge in [0.25, 0.3) is 0 Å². The second-order valence-corrected chi connectivity index (χ2v) is 8.28. The molecule has 170 valence electrons. The molecule has 0 radical (unpaired) electrons. The van der Waals surface area contributed by atoms with Crippen LogP contribution in [-0.2, 0) is 9.63 Å². The van der Waals surface area contributed by atoms with E-state index in [1.807, 2.05) is 48.5 Å². The Hall–Kier alpha value is -3.22. The van der Waals surface area contributed by atoms with Crippen molar-refractivity contribution in [2.45, 2.75) is 51.2 Å². The second kappa shape index (κ2) is 10.4. The van der Waals surface area contributed by atoms with E-state index in [1.165, 1.54) is 13.3 Å². The molecule has 2 unspecified atom stereocenters. The van der Waals surface area contributed by atoms with Crippen molar-refractivity contribution in [1.29, 1.82) is 0 Å². The van der Waals surface area contributed by atoms with Crippen LogP contribution in [0, 0.1) is 5.92 Å². The summed E-state index contributed by atoms with van der Waals surface area (Å²) in [6.45, 7) is 2.25. The van der Waals surface area contributed by atoms with Crippen LogP contribution < -0.4 is 14.2 Å². The molecule has 2 aromatic rings. The minimum absolute atomic E-state index is 0.0537. The van der Waals surface area contributed by atoms with Gasteiger partial charge in [0.2, 0.25) is 0 Å². The summed E-state index contributed by atoms with van der Waals surface area (Å²) >= 11 is 0. The van der Waals surface area contributed by atoms with Gasteiger partial charge in [-0.05, 0) is 49.6 Å². The Morgan fingerprint density at radius 2 is 1.81 bits per heavy atom. The van der Waals surface area contributed by atoms with E-state index in [0.717, 1.165) is 48.5 Å². The lowest BCUT2D eigenvalue weighted by molar-refractivity contribution is -0.129. The average molecular weight is 440 g/mol. The number of para-hydroxylation sites is 2. The van der Waals surface area contributed by atoms with Gasteiger partial charge in [-0.15, -0.1) is 0 Å². The fourth-order valence-electron chi connectivity index (χ4n) is 4.12. The van der Waals surface area contributed by atoms with E-state index in [9.17, 15) is 4.79 Å². The van der Waals surface area contributed by atoms with Crippen molar-refractivity contribution in [3.63, 3.8) is 0 Å². The topological polar surface area (TPSA) is 86.6 Å². The number of hydrogen-bond acceptors (Lipinski definition) is 6. The van der Waals surface area contributed by atoms with Gasteiger partial charge in [0.1, 0.15) is 19.0 Å². The Labute approximate surface area is 187 Å². The Balaban J connectivity index is 1.38. The number of ether oxygens (including phenoxy) is 3. The van der Waals surface area contributed by atoms with Gasteiger partial charge in [0.15, 0.2) is 29.4 Å². The lowest BCUT2D eigenvalue weighted by atomic mass is 9.83. The molecule has 0 saturated heterocycles. The van der Waals surface area contributed by atoms with Crippen molar-refractivity contribution in [2.75, 3.05) is 13.2 Å². The fourth-order valence-corrected chi connectivity index (χ4v) is 4.12. The van der Waals surface area contributed by atoms with E-state index in [-0.39, 0.29) is 17.9 Å². The predicted octanol–water partition coefficient (Wildman–Crippen LogP) is 5.00. The summed E-state index contributed by atoms with van der Waals surface area (Å²) in [5, 5.41) is 13.0. The van der Waals surface area contributed by atoms with E-state index in [1.54, 1.807) is 0 Å². The first-order chi connectivity index (χ1) is 15.6. The monoisotopic (exact) mass is 439 g/mol. The molecule has 7 heteroatoms. The van der Waals surface area contributed by atoms with Gasteiger partial charge in [0, 0.05) is 5.92 Å². The summed E-state index contributed by atoms with van der Waals surface area (Å²) in [5.41, 5.74) is 0.916. The average Bonchev–Trinajstić information content (AvgIpc) is 2.84. The Morgan fingerprint density at radius 3 is 2.53 bits per heavy atom. The molecule has 0 bridgehead atoms. The summed E-state index contributed by atoms with van der Waals surface area (Å²) in [6, 6.07) is 15.3. The van der Waals surface area contributed by atoms with Crippen molar-refractivity contribution in [1.82, 2.24) is 0 Å². The molecular formula is C25H29NO6. The molecule has 0 amide bonds. The number of aliphatic carboxylic acids is 1. The number of carboxylic acid groups (broad SMARTS) is 1. The van der Waals surface area contributed by atoms with Crippen molar-refractivity contribution < 1.29 is 28.9 Å². The summed E-state index contributed by atoms with van der Waals surface area (Å²) in [7, 11) is 0. The van der Waals surface area contributed by atoms with Crippen LogP contribution in [0.5, 0.6) is 17.2 Å². The third-order valence-electron chi connectivity index (χ3n) is 5.90. The van der Waals surface area contributed by atoms with Gasteiger partial charge in [-0.1, -0.05) is 48.7 Å². The highest BCUT2D eigenvalue weighted by Crippen LogP contribution is 2.38. The standard InChI is InChI=1S/C25H29NO6/c1-17(25(27)28)26-32-24(18-7-3-2-4-8-18)19-11-13-20(14-12-19)29-15-21-16-30-22-9-5-6-10-23(22)31-21/h5-6,9-14,18,21,24H,2-4,7-8,15-16H2,1H3,(H,27,28)/b26-17+. The van der Waals surface area contributed by atoms with Gasteiger partial charge in [-0.25, -0.2) is 4.79 Å². The number of benzene rings is 2. The highest BCUT2D eigenvalue weighted by Gasteiger charge is 2.28. The molecular weight excluding hydrogens is 410 g/mol. The minimum atomic E-state index is -1.08. The van der Waals surface area contributed by atoms with Crippen molar-refractivity contribution in [3.05, 3.63) is 54.1 Å². The van der Waals surface area contributed by atoms with Crippen LogP contribution in [0.3, 0.4) is 0 Å². The molecule has 1 fully saturated rings.